The van der Waals surface area contributed by atoms with Crippen LogP contribution in [-0.4, -0.2) is 5.97 Å². The van der Waals surface area contributed by atoms with Crippen LogP contribution in [0.1, 0.15) is 24.0 Å². The van der Waals surface area contributed by atoms with Gasteiger partial charge in [0.1, 0.15) is 5.75 Å². The molecule has 1 aromatic carbocycles. The van der Waals surface area contributed by atoms with E-state index in [1.54, 1.807) is 0 Å². The van der Waals surface area contributed by atoms with Gasteiger partial charge in [-0.05, 0) is 24.5 Å². The van der Waals surface area contributed by atoms with Gasteiger partial charge in [0, 0.05) is 5.56 Å². The Morgan fingerprint density at radius 1 is 1.33 bits per heavy atom. The first-order valence-corrected chi connectivity index (χ1v) is 5.25. The Hall–Kier alpha value is -1.35. The average Bonchev–Trinajstić information content (AvgIpc) is 2.97. The standard InChI is InChI=1S/C12H12O3/c13-12(8-4-5-8)15-11-3-1-2-9-6-14-7-10(9)11/h1-3,8H,4-7H2. The zero-order chi connectivity index (χ0) is 10.3. The van der Waals surface area contributed by atoms with E-state index in [0.29, 0.717) is 19.0 Å². The molecule has 2 aliphatic rings. The lowest BCUT2D eigenvalue weighted by molar-refractivity contribution is -0.135. The molecule has 1 aliphatic carbocycles. The molecule has 1 fully saturated rings. The predicted octanol–water partition coefficient (Wildman–Crippen LogP) is 2.03. The van der Waals surface area contributed by atoms with E-state index in [4.69, 9.17) is 9.47 Å². The molecule has 0 unspecified atom stereocenters. The lowest BCUT2D eigenvalue weighted by Crippen LogP contribution is -2.11. The summed E-state index contributed by atoms with van der Waals surface area (Å²) in [4.78, 5) is 11.5. The minimum Gasteiger partial charge on any atom is -0.426 e. The van der Waals surface area contributed by atoms with Crippen LogP contribution in [0, 0.1) is 5.92 Å². The second kappa shape index (κ2) is 3.35. The highest BCUT2D eigenvalue weighted by Gasteiger charge is 2.32. The Balaban J connectivity index is 1.85. The zero-order valence-corrected chi connectivity index (χ0v) is 8.36. The molecule has 78 valence electrons. The number of esters is 1. The van der Waals surface area contributed by atoms with Crippen molar-refractivity contribution in [1.82, 2.24) is 0 Å². The average molecular weight is 204 g/mol. The maximum Gasteiger partial charge on any atom is 0.314 e. The van der Waals surface area contributed by atoms with E-state index in [1.807, 2.05) is 18.2 Å². The maximum absolute atomic E-state index is 11.5. The van der Waals surface area contributed by atoms with Crippen molar-refractivity contribution in [2.45, 2.75) is 26.1 Å². The van der Waals surface area contributed by atoms with E-state index in [2.05, 4.69) is 0 Å². The number of carbonyl (C=O) groups excluding carboxylic acids is 1. The third-order valence-corrected chi connectivity index (χ3v) is 2.86. The molecule has 0 atom stereocenters. The summed E-state index contributed by atoms with van der Waals surface area (Å²) in [5, 5.41) is 0. The van der Waals surface area contributed by atoms with Gasteiger partial charge in [-0.1, -0.05) is 12.1 Å². The Morgan fingerprint density at radius 3 is 3.00 bits per heavy atom. The lowest BCUT2D eigenvalue weighted by Gasteiger charge is -2.07. The van der Waals surface area contributed by atoms with Crippen molar-refractivity contribution in [3.05, 3.63) is 29.3 Å². The van der Waals surface area contributed by atoms with E-state index >= 15 is 0 Å². The molecule has 1 aliphatic heterocycles. The molecule has 3 heteroatoms. The normalized spacial score (nSPS) is 18.7. The van der Waals surface area contributed by atoms with Crippen LogP contribution in [0.5, 0.6) is 5.75 Å². The largest absolute Gasteiger partial charge is 0.426 e. The van der Waals surface area contributed by atoms with Crippen LogP contribution in [0.25, 0.3) is 0 Å². The number of hydrogen-bond acceptors (Lipinski definition) is 3. The molecule has 0 spiro atoms. The first kappa shape index (κ1) is 8.92. The molecule has 0 radical (unpaired) electrons. The molecule has 0 bridgehead atoms. The molecule has 15 heavy (non-hydrogen) atoms. The minimum absolute atomic E-state index is 0.0877. The molecule has 1 saturated carbocycles. The fraction of sp³-hybridized carbons (Fsp3) is 0.417. The smallest absolute Gasteiger partial charge is 0.314 e. The van der Waals surface area contributed by atoms with E-state index < -0.39 is 0 Å². The monoisotopic (exact) mass is 204 g/mol. The lowest BCUT2D eigenvalue weighted by atomic mass is 10.1. The van der Waals surface area contributed by atoms with Crippen LogP contribution in [0.4, 0.5) is 0 Å². The highest BCUT2D eigenvalue weighted by atomic mass is 16.5. The SMILES string of the molecule is O=C(Oc1cccc2c1COC2)C1CC1. The molecule has 0 amide bonds. The second-order valence-corrected chi connectivity index (χ2v) is 4.08. The number of carbonyl (C=O) groups is 1. The molecular weight excluding hydrogens is 192 g/mol. The summed E-state index contributed by atoms with van der Waals surface area (Å²) in [6.07, 6.45) is 1.95. The van der Waals surface area contributed by atoms with Crippen LogP contribution in [0.15, 0.2) is 18.2 Å². The molecular formula is C12H12O3. The molecule has 3 rings (SSSR count). The fourth-order valence-corrected chi connectivity index (χ4v) is 1.78. The molecule has 1 aromatic rings. The Labute approximate surface area is 88.0 Å². The van der Waals surface area contributed by atoms with Gasteiger partial charge in [0.05, 0.1) is 19.1 Å². The topological polar surface area (TPSA) is 35.5 Å². The summed E-state index contributed by atoms with van der Waals surface area (Å²) in [5.74, 6) is 0.736. The summed E-state index contributed by atoms with van der Waals surface area (Å²) < 4.78 is 10.7. The zero-order valence-electron chi connectivity index (χ0n) is 8.36. The summed E-state index contributed by atoms with van der Waals surface area (Å²) in [5.41, 5.74) is 2.17. The van der Waals surface area contributed by atoms with Gasteiger partial charge in [0.25, 0.3) is 0 Å². The minimum atomic E-state index is -0.0877. The first-order chi connectivity index (χ1) is 7.34. The van der Waals surface area contributed by atoms with Crippen LogP contribution >= 0.6 is 0 Å². The van der Waals surface area contributed by atoms with Crippen LogP contribution in [-0.2, 0) is 22.7 Å². The first-order valence-electron chi connectivity index (χ1n) is 5.25. The second-order valence-electron chi connectivity index (χ2n) is 4.08. The maximum atomic E-state index is 11.5. The van der Waals surface area contributed by atoms with E-state index in [9.17, 15) is 4.79 Å². The predicted molar refractivity (Wildman–Crippen MR) is 53.3 cm³/mol. The van der Waals surface area contributed by atoms with Crippen molar-refractivity contribution in [2.75, 3.05) is 0 Å². The summed E-state index contributed by atoms with van der Waals surface area (Å²) in [6.45, 7) is 1.19. The van der Waals surface area contributed by atoms with Crippen LogP contribution < -0.4 is 4.74 Å². The molecule has 3 nitrogen and oxygen atoms in total. The van der Waals surface area contributed by atoms with E-state index in [1.165, 1.54) is 0 Å². The summed E-state index contributed by atoms with van der Waals surface area (Å²) in [7, 11) is 0. The van der Waals surface area contributed by atoms with Crippen molar-refractivity contribution >= 4 is 5.97 Å². The van der Waals surface area contributed by atoms with Gasteiger partial charge in [0.2, 0.25) is 0 Å². The number of hydrogen-bond donors (Lipinski definition) is 0. The van der Waals surface area contributed by atoms with Gasteiger partial charge >= 0.3 is 5.97 Å². The molecule has 0 aromatic heterocycles. The highest BCUT2D eigenvalue weighted by molar-refractivity contribution is 5.77. The van der Waals surface area contributed by atoms with Gasteiger partial charge in [0.15, 0.2) is 0 Å². The number of benzene rings is 1. The quantitative estimate of drug-likeness (QED) is 0.546. The number of ether oxygens (including phenoxy) is 2. The Morgan fingerprint density at radius 2 is 2.20 bits per heavy atom. The molecule has 0 saturated heterocycles. The van der Waals surface area contributed by atoms with Crippen molar-refractivity contribution < 1.29 is 14.3 Å². The highest BCUT2D eigenvalue weighted by Crippen LogP contribution is 2.33. The van der Waals surface area contributed by atoms with Crippen LogP contribution in [0.3, 0.4) is 0 Å². The van der Waals surface area contributed by atoms with Crippen molar-refractivity contribution in [1.29, 1.82) is 0 Å². The van der Waals surface area contributed by atoms with Gasteiger partial charge in [-0.2, -0.15) is 0 Å². The van der Waals surface area contributed by atoms with Gasteiger partial charge in [-0.3, -0.25) is 4.79 Å². The Bertz CT molecular complexity index is 407. The van der Waals surface area contributed by atoms with Crippen molar-refractivity contribution in [3.63, 3.8) is 0 Å². The number of fused-ring (bicyclic) bond motifs is 1. The van der Waals surface area contributed by atoms with E-state index in [-0.39, 0.29) is 11.9 Å². The van der Waals surface area contributed by atoms with Crippen LogP contribution in [0.2, 0.25) is 0 Å². The third-order valence-electron chi connectivity index (χ3n) is 2.86. The van der Waals surface area contributed by atoms with Gasteiger partial charge < -0.3 is 9.47 Å². The Kier molecular flexibility index (Phi) is 1.99. The van der Waals surface area contributed by atoms with Gasteiger partial charge in [-0.25, -0.2) is 0 Å². The number of rotatable bonds is 2. The molecule has 0 N–H and O–H groups in total. The van der Waals surface area contributed by atoms with Crippen molar-refractivity contribution in [2.24, 2.45) is 5.92 Å². The summed E-state index contributed by atoms with van der Waals surface area (Å²) >= 11 is 0. The summed E-state index contributed by atoms with van der Waals surface area (Å²) in [6, 6.07) is 5.76. The van der Waals surface area contributed by atoms with E-state index in [0.717, 1.165) is 24.0 Å². The third kappa shape index (κ3) is 1.63. The molecule has 1 heterocycles. The fourth-order valence-electron chi connectivity index (χ4n) is 1.78. The van der Waals surface area contributed by atoms with Crippen molar-refractivity contribution in [3.8, 4) is 5.75 Å². The van der Waals surface area contributed by atoms with Gasteiger partial charge in [-0.15, -0.1) is 0 Å².